The van der Waals surface area contributed by atoms with Gasteiger partial charge < -0.3 is 31.4 Å². The Bertz CT molecular complexity index is 924. The molecule has 0 amide bonds. The first kappa shape index (κ1) is 21.1. The van der Waals surface area contributed by atoms with Gasteiger partial charge in [-0.1, -0.05) is 19.6 Å². The molecule has 2 aromatic heterocycles. The molecule has 0 saturated heterocycles. The summed E-state index contributed by atoms with van der Waals surface area (Å²) in [5.74, 6) is 1.75. The van der Waals surface area contributed by atoms with E-state index in [9.17, 15) is 0 Å². The first-order chi connectivity index (χ1) is 14.1. The molecule has 1 aliphatic carbocycles. The summed E-state index contributed by atoms with van der Waals surface area (Å²) in [6.07, 6.45) is 7.43. The van der Waals surface area contributed by atoms with Crippen molar-refractivity contribution >= 4 is 25.5 Å². The van der Waals surface area contributed by atoms with Crippen LogP contribution in [0.25, 0.3) is 0 Å². The maximum atomic E-state index is 6.92. The molecule has 30 heavy (non-hydrogen) atoms. The number of fused-ring (bicyclic) bond motifs is 1. The van der Waals surface area contributed by atoms with Gasteiger partial charge in [0.2, 0.25) is 5.96 Å². The molecule has 2 aromatic rings. The maximum absolute atomic E-state index is 6.92. The third kappa shape index (κ3) is 4.31. The van der Waals surface area contributed by atoms with Gasteiger partial charge >= 0.3 is 0 Å². The number of anilines is 2. The predicted molar refractivity (Wildman–Crippen MR) is 123 cm³/mol. The number of nitrogens with zero attached hydrogens (tertiary/aromatic N) is 4. The molecule has 0 radical (unpaired) electrons. The Morgan fingerprint density at radius 1 is 1.37 bits per heavy atom. The fourth-order valence-electron chi connectivity index (χ4n) is 3.98. The van der Waals surface area contributed by atoms with Crippen molar-refractivity contribution in [1.82, 2.24) is 14.3 Å². The van der Waals surface area contributed by atoms with Crippen LogP contribution in [0.4, 0.5) is 11.5 Å². The van der Waals surface area contributed by atoms with Crippen LogP contribution in [-0.4, -0.2) is 41.0 Å². The van der Waals surface area contributed by atoms with Crippen molar-refractivity contribution in [3.8, 4) is 0 Å². The molecular weight excluding hydrogens is 396 g/mol. The standard InChI is InChI=1S/C20H34N8OSi/c1-27-12-16(11-23-27)24-19-25-18-17(20(22,26-19)14-9-15(21)10-14)5-6-28(18)13-29-7-8-30(2,3)4/h5-6,11-12,14-15H,7-10,13,21-22H2,1-4H3,(H2,24,25,26). The van der Waals surface area contributed by atoms with Crippen LogP contribution in [0.15, 0.2) is 29.6 Å². The van der Waals surface area contributed by atoms with Crippen LogP contribution < -0.4 is 22.1 Å². The van der Waals surface area contributed by atoms with Crippen LogP contribution in [0.1, 0.15) is 18.4 Å². The molecule has 2 aliphatic rings. The molecule has 3 heterocycles. The summed E-state index contributed by atoms with van der Waals surface area (Å²) in [5.41, 5.74) is 14.0. The first-order valence-electron chi connectivity index (χ1n) is 10.6. The molecule has 1 saturated carbocycles. The van der Waals surface area contributed by atoms with Gasteiger partial charge in [0.1, 0.15) is 18.2 Å². The Morgan fingerprint density at radius 3 is 2.77 bits per heavy atom. The quantitative estimate of drug-likeness (QED) is 0.395. The molecule has 4 rings (SSSR count). The van der Waals surface area contributed by atoms with Crippen LogP contribution in [0.3, 0.4) is 0 Å². The van der Waals surface area contributed by atoms with E-state index in [4.69, 9.17) is 21.2 Å². The summed E-state index contributed by atoms with van der Waals surface area (Å²) in [7, 11) is 0.760. The predicted octanol–water partition coefficient (Wildman–Crippen LogP) is 2.28. The van der Waals surface area contributed by atoms with Gasteiger partial charge in [-0.25, -0.2) is 4.99 Å². The fraction of sp³-hybridized carbons (Fsp3) is 0.600. The fourth-order valence-corrected chi connectivity index (χ4v) is 4.74. The molecule has 1 atom stereocenters. The Hall–Kier alpha value is -2.14. The van der Waals surface area contributed by atoms with Gasteiger partial charge in [0, 0.05) is 51.6 Å². The molecule has 0 bridgehead atoms. The monoisotopic (exact) mass is 430 g/mol. The largest absolute Gasteiger partial charge is 0.361 e. The Labute approximate surface area is 178 Å². The number of rotatable bonds is 7. The molecule has 1 unspecified atom stereocenters. The second-order valence-corrected chi connectivity index (χ2v) is 15.4. The summed E-state index contributed by atoms with van der Waals surface area (Å²) < 4.78 is 9.80. The summed E-state index contributed by atoms with van der Waals surface area (Å²) in [6, 6.07) is 3.39. The van der Waals surface area contributed by atoms with Crippen molar-refractivity contribution in [3.63, 3.8) is 0 Å². The number of aryl methyl sites for hydroxylation is 1. The minimum Gasteiger partial charge on any atom is -0.361 e. The van der Waals surface area contributed by atoms with Crippen LogP contribution in [0.2, 0.25) is 25.7 Å². The van der Waals surface area contributed by atoms with Crippen molar-refractivity contribution in [2.24, 2.45) is 29.4 Å². The lowest BCUT2D eigenvalue weighted by Crippen LogP contribution is -2.55. The molecular formula is C20H34N8OSi. The number of hydrogen-bond acceptors (Lipinski definition) is 7. The summed E-state index contributed by atoms with van der Waals surface area (Å²) in [6.45, 7) is 8.31. The summed E-state index contributed by atoms with van der Waals surface area (Å²) in [5, 5.41) is 10.9. The SMILES string of the molecule is Cn1cc(NC2=NC(N)(C3CC(N)C3)c3ccn(COCC[Si](C)(C)C)c3N2)cn1. The third-order valence-electron chi connectivity index (χ3n) is 5.92. The number of aromatic nitrogens is 3. The second-order valence-electron chi connectivity index (χ2n) is 9.76. The molecule has 9 nitrogen and oxygen atoms in total. The highest BCUT2D eigenvalue weighted by Crippen LogP contribution is 2.45. The van der Waals surface area contributed by atoms with E-state index in [2.05, 4.69) is 46.0 Å². The van der Waals surface area contributed by atoms with Crippen LogP contribution >= 0.6 is 0 Å². The smallest absolute Gasteiger partial charge is 0.203 e. The second kappa shape index (κ2) is 7.84. The molecule has 1 aliphatic heterocycles. The van der Waals surface area contributed by atoms with Gasteiger partial charge in [-0.15, -0.1) is 0 Å². The maximum Gasteiger partial charge on any atom is 0.203 e. The number of hydrogen-bond donors (Lipinski definition) is 4. The van der Waals surface area contributed by atoms with E-state index >= 15 is 0 Å². The lowest BCUT2D eigenvalue weighted by molar-refractivity contribution is 0.0883. The number of guanidine groups is 1. The average molecular weight is 431 g/mol. The third-order valence-corrected chi connectivity index (χ3v) is 7.62. The van der Waals surface area contributed by atoms with Gasteiger partial charge in [-0.2, -0.15) is 5.10 Å². The van der Waals surface area contributed by atoms with Crippen molar-refractivity contribution < 1.29 is 4.74 Å². The highest BCUT2D eigenvalue weighted by atomic mass is 28.3. The molecule has 0 spiro atoms. The van der Waals surface area contributed by atoms with E-state index in [-0.39, 0.29) is 12.0 Å². The summed E-state index contributed by atoms with van der Waals surface area (Å²) in [4.78, 5) is 4.89. The van der Waals surface area contributed by atoms with E-state index < -0.39 is 13.7 Å². The van der Waals surface area contributed by atoms with Gasteiger partial charge in [-0.05, 0) is 25.0 Å². The van der Waals surface area contributed by atoms with E-state index in [1.54, 1.807) is 10.9 Å². The lowest BCUT2D eigenvalue weighted by atomic mass is 9.70. The Balaban J connectivity index is 1.56. The molecule has 10 heteroatoms. The van der Waals surface area contributed by atoms with E-state index in [1.165, 1.54) is 0 Å². The van der Waals surface area contributed by atoms with Gasteiger partial charge in [-0.3, -0.25) is 4.68 Å². The Kier molecular flexibility index (Phi) is 5.51. The minimum absolute atomic E-state index is 0.200. The van der Waals surface area contributed by atoms with E-state index in [0.717, 1.165) is 42.6 Å². The van der Waals surface area contributed by atoms with Crippen LogP contribution in [0.5, 0.6) is 0 Å². The molecule has 1 fully saturated rings. The average Bonchev–Trinajstić information content (AvgIpc) is 3.22. The number of ether oxygens (including phenoxy) is 1. The molecule has 164 valence electrons. The zero-order valence-corrected chi connectivity index (χ0v) is 19.4. The van der Waals surface area contributed by atoms with Crippen molar-refractivity contribution in [2.75, 3.05) is 17.2 Å². The van der Waals surface area contributed by atoms with Gasteiger partial charge in [0.15, 0.2) is 0 Å². The Morgan fingerprint density at radius 2 is 2.13 bits per heavy atom. The zero-order chi connectivity index (χ0) is 21.5. The van der Waals surface area contributed by atoms with E-state index in [1.807, 2.05) is 19.4 Å². The van der Waals surface area contributed by atoms with Gasteiger partial charge in [0.25, 0.3) is 0 Å². The van der Waals surface area contributed by atoms with Crippen LogP contribution in [-0.2, 0) is 24.2 Å². The molecule has 0 aromatic carbocycles. The first-order valence-corrected chi connectivity index (χ1v) is 14.3. The van der Waals surface area contributed by atoms with Crippen molar-refractivity contribution in [1.29, 1.82) is 0 Å². The topological polar surface area (TPSA) is 120 Å². The number of nitrogens with one attached hydrogen (secondary N) is 2. The zero-order valence-electron chi connectivity index (χ0n) is 18.4. The number of nitrogens with two attached hydrogens (primary N) is 2. The minimum atomic E-state index is -1.12. The van der Waals surface area contributed by atoms with Crippen molar-refractivity contribution in [3.05, 3.63) is 30.2 Å². The van der Waals surface area contributed by atoms with Gasteiger partial charge in [0.05, 0.1) is 11.9 Å². The highest BCUT2D eigenvalue weighted by molar-refractivity contribution is 6.76. The van der Waals surface area contributed by atoms with Crippen LogP contribution in [0, 0.1) is 5.92 Å². The normalized spacial score (nSPS) is 25.9. The van der Waals surface area contributed by atoms with E-state index in [0.29, 0.717) is 12.7 Å². The summed E-state index contributed by atoms with van der Waals surface area (Å²) >= 11 is 0. The highest BCUT2D eigenvalue weighted by Gasteiger charge is 2.47. The number of aliphatic imine (C=N–C) groups is 1. The lowest BCUT2D eigenvalue weighted by Gasteiger charge is -2.45. The molecule has 6 N–H and O–H groups in total. The van der Waals surface area contributed by atoms with Crippen molar-refractivity contribution in [2.45, 2.75) is 57.0 Å².